The molecule has 196 valence electrons. The summed E-state index contributed by atoms with van der Waals surface area (Å²) in [4.78, 5) is 39.0. The molecule has 1 saturated carbocycles. The Hall–Kier alpha value is -2.03. The fourth-order valence-electron chi connectivity index (χ4n) is 7.75. The lowest BCUT2D eigenvalue weighted by Gasteiger charge is -2.36. The van der Waals surface area contributed by atoms with Crippen molar-refractivity contribution in [1.82, 2.24) is 0 Å². The second-order valence-electron chi connectivity index (χ2n) is 12.5. The van der Waals surface area contributed by atoms with Crippen LogP contribution in [0.1, 0.15) is 131 Å². The van der Waals surface area contributed by atoms with Crippen LogP contribution < -0.4 is 0 Å². The molecule has 3 nitrogen and oxygen atoms in total. The molecule has 0 aromatic heterocycles. The van der Waals surface area contributed by atoms with Crippen molar-refractivity contribution in [3.63, 3.8) is 0 Å². The molecule has 3 aliphatic rings. The maximum Gasteiger partial charge on any atom is 0.169 e. The largest absolute Gasteiger partial charge is 0.294 e. The summed E-state index contributed by atoms with van der Waals surface area (Å²) in [6.07, 6.45) is 11.8. The van der Waals surface area contributed by atoms with E-state index in [0.717, 1.165) is 49.2 Å². The molecule has 0 bridgehead atoms. The Bertz CT molecular complexity index is 1070. The van der Waals surface area contributed by atoms with Gasteiger partial charge < -0.3 is 0 Å². The summed E-state index contributed by atoms with van der Waals surface area (Å²) in [6, 6.07) is 2.44. The second kappa shape index (κ2) is 11.2. The Morgan fingerprint density at radius 1 is 1.00 bits per heavy atom. The van der Waals surface area contributed by atoms with E-state index < -0.39 is 0 Å². The van der Waals surface area contributed by atoms with Gasteiger partial charge in [-0.15, -0.1) is 0 Å². The van der Waals surface area contributed by atoms with E-state index in [9.17, 15) is 14.4 Å². The molecule has 1 aromatic rings. The monoisotopic (exact) mass is 490 g/mol. The minimum atomic E-state index is -0.103. The summed E-state index contributed by atoms with van der Waals surface area (Å²) in [5.41, 5.74) is 7.67. The molecule has 0 radical (unpaired) electrons. The van der Waals surface area contributed by atoms with Gasteiger partial charge in [0.1, 0.15) is 0 Å². The molecule has 0 heterocycles. The van der Waals surface area contributed by atoms with Crippen molar-refractivity contribution in [3.05, 3.63) is 45.0 Å². The molecule has 36 heavy (non-hydrogen) atoms. The lowest BCUT2D eigenvalue weighted by molar-refractivity contribution is -0.125. The standard InChI is InChI=1S/C33H46O3/c1-7-27-26(13-20(4)31(22(6)34)33(27)36)15-24-16-29-28(19(2)3)18-25(14-23-11-9-8-10-12-23)21(5)32(29)30(35)17-24/h18-19,23-24,26-27H,7-17H2,1-6H3. The number of carbonyl (C=O) groups excluding carboxylic acids is 3. The summed E-state index contributed by atoms with van der Waals surface area (Å²) in [5.74, 6) is 1.77. The average Bonchev–Trinajstić information content (AvgIpc) is 2.80. The van der Waals surface area contributed by atoms with E-state index in [-0.39, 0.29) is 29.3 Å². The number of hydrogen-bond donors (Lipinski definition) is 0. The highest BCUT2D eigenvalue weighted by Gasteiger charge is 2.39. The van der Waals surface area contributed by atoms with Crippen molar-refractivity contribution >= 4 is 17.3 Å². The molecule has 3 unspecified atom stereocenters. The first-order chi connectivity index (χ1) is 17.1. The third-order valence-corrected chi connectivity index (χ3v) is 9.51. The summed E-state index contributed by atoms with van der Waals surface area (Å²) >= 11 is 0. The Labute approximate surface area is 218 Å². The second-order valence-corrected chi connectivity index (χ2v) is 12.5. The Morgan fingerprint density at radius 2 is 1.69 bits per heavy atom. The van der Waals surface area contributed by atoms with Gasteiger partial charge in [-0.2, -0.15) is 0 Å². The molecule has 3 heteroatoms. The first-order valence-electron chi connectivity index (χ1n) is 14.6. The maximum atomic E-state index is 13.7. The van der Waals surface area contributed by atoms with Crippen LogP contribution >= 0.6 is 0 Å². The molecular formula is C33H46O3. The van der Waals surface area contributed by atoms with Gasteiger partial charge in [-0.1, -0.05) is 64.5 Å². The van der Waals surface area contributed by atoms with Crippen LogP contribution in [0, 0.1) is 30.6 Å². The third kappa shape index (κ3) is 5.31. The van der Waals surface area contributed by atoms with E-state index in [2.05, 4.69) is 33.8 Å². The predicted octanol–water partition coefficient (Wildman–Crippen LogP) is 7.90. The maximum absolute atomic E-state index is 13.7. The number of allylic oxidation sites excluding steroid dienone is 2. The number of ketones is 3. The quantitative estimate of drug-likeness (QED) is 0.365. The topological polar surface area (TPSA) is 51.2 Å². The zero-order valence-electron chi connectivity index (χ0n) is 23.5. The van der Waals surface area contributed by atoms with Crippen LogP contribution in [0.2, 0.25) is 0 Å². The van der Waals surface area contributed by atoms with Crippen molar-refractivity contribution in [2.45, 2.75) is 118 Å². The molecule has 1 aromatic carbocycles. The van der Waals surface area contributed by atoms with Gasteiger partial charge >= 0.3 is 0 Å². The van der Waals surface area contributed by atoms with E-state index in [1.807, 2.05) is 6.92 Å². The molecular weight excluding hydrogens is 444 g/mol. The number of fused-ring (bicyclic) bond motifs is 1. The fourth-order valence-corrected chi connectivity index (χ4v) is 7.75. The molecule has 0 spiro atoms. The van der Waals surface area contributed by atoms with Gasteiger partial charge in [0, 0.05) is 17.9 Å². The highest BCUT2D eigenvalue weighted by molar-refractivity contribution is 6.21. The average molecular weight is 491 g/mol. The predicted molar refractivity (Wildman–Crippen MR) is 147 cm³/mol. The molecule has 3 aliphatic carbocycles. The van der Waals surface area contributed by atoms with Gasteiger partial charge in [-0.25, -0.2) is 0 Å². The minimum Gasteiger partial charge on any atom is -0.294 e. The Morgan fingerprint density at radius 3 is 2.31 bits per heavy atom. The molecule has 1 fully saturated rings. The summed E-state index contributed by atoms with van der Waals surface area (Å²) < 4.78 is 0. The van der Waals surface area contributed by atoms with Crippen LogP contribution in [-0.4, -0.2) is 17.3 Å². The first kappa shape index (κ1) is 27.0. The van der Waals surface area contributed by atoms with Crippen LogP contribution in [0.3, 0.4) is 0 Å². The van der Waals surface area contributed by atoms with Gasteiger partial charge in [0.05, 0.1) is 5.57 Å². The van der Waals surface area contributed by atoms with Gasteiger partial charge in [0.2, 0.25) is 0 Å². The van der Waals surface area contributed by atoms with E-state index in [4.69, 9.17) is 0 Å². The van der Waals surface area contributed by atoms with Crippen LogP contribution in [0.15, 0.2) is 17.2 Å². The normalized spacial score (nSPS) is 25.5. The SMILES string of the molecule is CCC1C(=O)C(C(C)=O)=C(C)CC1CC1CC(=O)c2c(C)c(CC3CCCCC3)cc(C(C)C)c2C1. The number of hydrogen-bond acceptors (Lipinski definition) is 3. The van der Waals surface area contributed by atoms with E-state index >= 15 is 0 Å². The van der Waals surface area contributed by atoms with Crippen molar-refractivity contribution in [3.8, 4) is 0 Å². The van der Waals surface area contributed by atoms with Crippen LogP contribution in [0.25, 0.3) is 0 Å². The zero-order chi connectivity index (χ0) is 26.1. The number of carbonyl (C=O) groups is 3. The Balaban J connectivity index is 1.61. The van der Waals surface area contributed by atoms with E-state index in [1.54, 1.807) is 0 Å². The van der Waals surface area contributed by atoms with Crippen molar-refractivity contribution in [2.24, 2.45) is 23.7 Å². The van der Waals surface area contributed by atoms with Crippen LogP contribution in [-0.2, 0) is 22.4 Å². The molecule has 4 rings (SSSR count). The lowest BCUT2D eigenvalue weighted by Crippen LogP contribution is -2.35. The zero-order valence-corrected chi connectivity index (χ0v) is 23.5. The smallest absolute Gasteiger partial charge is 0.169 e. The van der Waals surface area contributed by atoms with Gasteiger partial charge in [0.15, 0.2) is 17.3 Å². The van der Waals surface area contributed by atoms with Crippen molar-refractivity contribution in [2.75, 3.05) is 0 Å². The lowest BCUT2D eigenvalue weighted by atomic mass is 9.67. The summed E-state index contributed by atoms with van der Waals surface area (Å²) in [5, 5.41) is 0. The number of rotatable bonds is 7. The van der Waals surface area contributed by atoms with Gasteiger partial charge in [-0.05, 0) is 98.8 Å². The van der Waals surface area contributed by atoms with E-state index in [1.165, 1.54) is 61.3 Å². The molecule has 0 saturated heterocycles. The first-order valence-corrected chi connectivity index (χ1v) is 14.6. The van der Waals surface area contributed by atoms with Crippen molar-refractivity contribution in [1.29, 1.82) is 0 Å². The highest BCUT2D eigenvalue weighted by Crippen LogP contribution is 2.43. The minimum absolute atomic E-state index is 0.0346. The van der Waals surface area contributed by atoms with E-state index in [0.29, 0.717) is 23.7 Å². The van der Waals surface area contributed by atoms with Crippen LogP contribution in [0.5, 0.6) is 0 Å². The Kier molecular flexibility index (Phi) is 8.37. The highest BCUT2D eigenvalue weighted by atomic mass is 16.1. The molecule has 3 atom stereocenters. The molecule has 0 N–H and O–H groups in total. The fraction of sp³-hybridized carbons (Fsp3) is 0.667. The number of benzene rings is 1. The molecule has 0 aliphatic heterocycles. The third-order valence-electron chi connectivity index (χ3n) is 9.51. The van der Waals surface area contributed by atoms with Crippen molar-refractivity contribution < 1.29 is 14.4 Å². The van der Waals surface area contributed by atoms with Crippen LogP contribution in [0.4, 0.5) is 0 Å². The molecule has 0 amide bonds. The van der Waals surface area contributed by atoms with Gasteiger partial charge in [-0.3, -0.25) is 14.4 Å². The summed E-state index contributed by atoms with van der Waals surface area (Å²) in [6.45, 7) is 12.2. The number of Topliss-reactive ketones (excluding diaryl/α,β-unsaturated/α-hetero) is 3. The summed E-state index contributed by atoms with van der Waals surface area (Å²) in [7, 11) is 0. The van der Waals surface area contributed by atoms with Gasteiger partial charge in [0.25, 0.3) is 0 Å².